The fourth-order valence-corrected chi connectivity index (χ4v) is 2.30. The van der Waals surface area contributed by atoms with Crippen LogP contribution in [-0.2, 0) is 9.53 Å². The molecule has 1 rings (SSSR count). The number of hydrogen-bond acceptors (Lipinski definition) is 4. The fourth-order valence-electron chi connectivity index (χ4n) is 2.30. The lowest BCUT2D eigenvalue weighted by Gasteiger charge is -2.42. The summed E-state index contributed by atoms with van der Waals surface area (Å²) in [4.78, 5) is 11.5. The minimum atomic E-state index is -4.87. The smallest absolute Gasteiger partial charge is 0.417 e. The van der Waals surface area contributed by atoms with Crippen molar-refractivity contribution in [2.75, 3.05) is 0 Å². The molecular weight excluding hydrogens is 277 g/mol. The van der Waals surface area contributed by atoms with Crippen molar-refractivity contribution in [3.63, 3.8) is 0 Å². The third-order valence-electron chi connectivity index (χ3n) is 3.66. The summed E-state index contributed by atoms with van der Waals surface area (Å²) in [5.74, 6) is -2.20. The third kappa shape index (κ3) is 3.52. The molecule has 1 aliphatic carbocycles. The van der Waals surface area contributed by atoms with Crippen molar-refractivity contribution in [2.24, 2.45) is 5.92 Å². The van der Waals surface area contributed by atoms with Gasteiger partial charge in [-0.05, 0) is 33.1 Å². The number of aliphatic hydroxyl groups is 2. The minimum absolute atomic E-state index is 0.0666. The van der Waals surface area contributed by atoms with E-state index >= 15 is 0 Å². The number of alkyl halides is 3. The molecule has 0 aromatic heterocycles. The van der Waals surface area contributed by atoms with Crippen LogP contribution in [0, 0.1) is 5.92 Å². The van der Waals surface area contributed by atoms with Gasteiger partial charge in [-0.3, -0.25) is 0 Å². The van der Waals surface area contributed by atoms with Gasteiger partial charge in [0.25, 0.3) is 0 Å². The molecule has 4 atom stereocenters. The quantitative estimate of drug-likeness (QED) is 0.617. The average Bonchev–Trinajstić information content (AvgIpc) is 2.29. The summed E-state index contributed by atoms with van der Waals surface area (Å²) in [6.07, 6.45) is -6.91. The van der Waals surface area contributed by atoms with E-state index in [0.717, 1.165) is 0 Å². The number of esters is 1. The van der Waals surface area contributed by atoms with Gasteiger partial charge in [-0.1, -0.05) is 6.58 Å². The maximum atomic E-state index is 12.9. The van der Waals surface area contributed by atoms with Gasteiger partial charge in [-0.25, -0.2) is 4.79 Å². The molecule has 0 spiro atoms. The molecule has 0 aromatic rings. The Morgan fingerprint density at radius 3 is 2.35 bits per heavy atom. The molecule has 0 saturated heterocycles. The Bertz CT molecular complexity index is 390. The molecule has 0 amide bonds. The lowest BCUT2D eigenvalue weighted by Crippen LogP contribution is -2.56. The molecule has 0 bridgehead atoms. The van der Waals surface area contributed by atoms with Crippen molar-refractivity contribution in [1.29, 1.82) is 0 Å². The molecule has 0 aromatic carbocycles. The Kier molecular flexibility index (Phi) is 4.86. The van der Waals surface area contributed by atoms with Crippen molar-refractivity contribution in [3.8, 4) is 0 Å². The molecule has 0 radical (unpaired) electrons. The van der Waals surface area contributed by atoms with E-state index in [2.05, 4.69) is 6.58 Å². The van der Waals surface area contributed by atoms with Gasteiger partial charge in [0.15, 0.2) is 5.60 Å². The van der Waals surface area contributed by atoms with E-state index in [1.54, 1.807) is 0 Å². The monoisotopic (exact) mass is 296 g/mol. The number of rotatable bonds is 3. The number of ether oxygens (including phenoxy) is 1. The Balaban J connectivity index is 2.97. The van der Waals surface area contributed by atoms with E-state index < -0.39 is 35.9 Å². The van der Waals surface area contributed by atoms with Crippen LogP contribution in [0.25, 0.3) is 0 Å². The molecule has 1 saturated carbocycles. The van der Waals surface area contributed by atoms with Crippen LogP contribution in [0.15, 0.2) is 12.2 Å². The van der Waals surface area contributed by atoms with E-state index in [1.165, 1.54) is 6.92 Å². The summed E-state index contributed by atoms with van der Waals surface area (Å²) < 4.78 is 43.8. The largest absolute Gasteiger partial charge is 0.459 e. The number of aliphatic hydroxyl groups excluding tert-OH is 1. The first kappa shape index (κ1) is 17.0. The fraction of sp³-hybridized carbons (Fsp3) is 0.769. The Labute approximate surface area is 115 Å². The maximum Gasteiger partial charge on any atom is 0.417 e. The molecule has 20 heavy (non-hydrogen) atoms. The Morgan fingerprint density at radius 2 is 1.90 bits per heavy atom. The van der Waals surface area contributed by atoms with Gasteiger partial charge in [0.2, 0.25) is 0 Å². The van der Waals surface area contributed by atoms with E-state index in [9.17, 15) is 28.2 Å². The molecule has 4 unspecified atom stereocenters. The topological polar surface area (TPSA) is 66.8 Å². The zero-order valence-electron chi connectivity index (χ0n) is 11.4. The zero-order chi connectivity index (χ0) is 15.7. The molecule has 2 N–H and O–H groups in total. The number of hydrogen-bond donors (Lipinski definition) is 2. The van der Waals surface area contributed by atoms with Crippen LogP contribution in [0.2, 0.25) is 0 Å². The minimum Gasteiger partial charge on any atom is -0.459 e. The van der Waals surface area contributed by atoms with Crippen LogP contribution < -0.4 is 0 Å². The van der Waals surface area contributed by atoms with Crippen LogP contribution in [-0.4, -0.2) is 40.2 Å². The highest BCUT2D eigenvalue weighted by Gasteiger charge is 2.58. The zero-order valence-corrected chi connectivity index (χ0v) is 11.4. The first-order valence-corrected chi connectivity index (χ1v) is 6.30. The van der Waals surface area contributed by atoms with E-state index in [0.29, 0.717) is 6.92 Å². The van der Waals surface area contributed by atoms with Crippen LogP contribution in [0.4, 0.5) is 13.2 Å². The molecule has 116 valence electrons. The molecule has 1 aliphatic rings. The number of halogens is 3. The normalized spacial score (nSPS) is 30.4. The molecule has 7 heteroatoms. The summed E-state index contributed by atoms with van der Waals surface area (Å²) >= 11 is 0. The van der Waals surface area contributed by atoms with Crippen molar-refractivity contribution in [1.82, 2.24) is 0 Å². The van der Waals surface area contributed by atoms with Crippen molar-refractivity contribution in [2.45, 2.75) is 57.1 Å². The summed E-state index contributed by atoms with van der Waals surface area (Å²) in [5, 5.41) is 19.3. The SMILES string of the molecule is C=C(C)C(=O)OC1CCC(O)CC1C(C)(O)C(F)(F)F. The summed E-state index contributed by atoms with van der Waals surface area (Å²) in [5.41, 5.74) is -2.96. The van der Waals surface area contributed by atoms with Gasteiger partial charge in [-0.15, -0.1) is 0 Å². The van der Waals surface area contributed by atoms with Gasteiger partial charge < -0.3 is 14.9 Å². The van der Waals surface area contributed by atoms with Gasteiger partial charge in [0, 0.05) is 11.5 Å². The van der Waals surface area contributed by atoms with Crippen LogP contribution in [0.3, 0.4) is 0 Å². The third-order valence-corrected chi connectivity index (χ3v) is 3.66. The van der Waals surface area contributed by atoms with E-state index in [4.69, 9.17) is 4.74 Å². The standard InChI is InChI=1S/C13H19F3O4/c1-7(2)11(18)20-10-5-4-8(17)6-9(10)12(3,19)13(14,15)16/h8-10,17,19H,1,4-6H2,2-3H3. The molecule has 1 fully saturated rings. The van der Waals surface area contributed by atoms with Gasteiger partial charge in [0.05, 0.1) is 6.10 Å². The Hall–Kier alpha value is -1.08. The number of carbonyl (C=O) groups excluding carboxylic acids is 1. The first-order valence-electron chi connectivity index (χ1n) is 6.30. The summed E-state index contributed by atoms with van der Waals surface area (Å²) in [6, 6.07) is 0. The molecule has 0 aliphatic heterocycles. The highest BCUT2D eigenvalue weighted by atomic mass is 19.4. The second kappa shape index (κ2) is 5.73. The molecular formula is C13H19F3O4. The highest BCUT2D eigenvalue weighted by Crippen LogP contribution is 2.43. The Morgan fingerprint density at radius 1 is 1.35 bits per heavy atom. The van der Waals surface area contributed by atoms with Gasteiger partial charge in [0.1, 0.15) is 6.10 Å². The van der Waals surface area contributed by atoms with Crippen LogP contribution in [0.1, 0.15) is 33.1 Å². The van der Waals surface area contributed by atoms with Crippen LogP contribution >= 0.6 is 0 Å². The number of carbonyl (C=O) groups is 1. The van der Waals surface area contributed by atoms with Gasteiger partial charge >= 0.3 is 12.1 Å². The highest BCUT2D eigenvalue weighted by molar-refractivity contribution is 5.87. The van der Waals surface area contributed by atoms with E-state index in [-0.39, 0.29) is 24.8 Å². The van der Waals surface area contributed by atoms with Crippen molar-refractivity contribution >= 4 is 5.97 Å². The maximum absolute atomic E-state index is 12.9. The summed E-state index contributed by atoms with van der Waals surface area (Å²) in [7, 11) is 0. The van der Waals surface area contributed by atoms with Crippen molar-refractivity contribution < 1.29 is 32.9 Å². The lowest BCUT2D eigenvalue weighted by molar-refractivity contribution is -0.288. The van der Waals surface area contributed by atoms with Gasteiger partial charge in [-0.2, -0.15) is 13.2 Å². The predicted octanol–water partition coefficient (Wildman–Crippen LogP) is 1.95. The lowest BCUT2D eigenvalue weighted by atomic mass is 9.74. The average molecular weight is 296 g/mol. The predicted molar refractivity (Wildman–Crippen MR) is 64.7 cm³/mol. The second-order valence-electron chi connectivity index (χ2n) is 5.44. The van der Waals surface area contributed by atoms with Crippen molar-refractivity contribution in [3.05, 3.63) is 12.2 Å². The van der Waals surface area contributed by atoms with E-state index in [1.807, 2.05) is 0 Å². The molecule has 4 nitrogen and oxygen atoms in total. The first-order chi connectivity index (χ1) is 8.96. The van der Waals surface area contributed by atoms with Crippen LogP contribution in [0.5, 0.6) is 0 Å². The summed E-state index contributed by atoms with van der Waals surface area (Å²) in [6.45, 7) is 5.38. The second-order valence-corrected chi connectivity index (χ2v) is 5.44. The molecule has 0 heterocycles.